The van der Waals surface area contributed by atoms with Gasteiger partial charge in [0.2, 0.25) is 0 Å². The van der Waals surface area contributed by atoms with Crippen molar-refractivity contribution in [1.82, 2.24) is 0 Å². The van der Waals surface area contributed by atoms with E-state index in [1.54, 1.807) is 0 Å². The van der Waals surface area contributed by atoms with E-state index in [-0.39, 0.29) is 12.1 Å². The molecule has 0 aromatic heterocycles. The summed E-state index contributed by atoms with van der Waals surface area (Å²) in [5.41, 5.74) is 0. The first kappa shape index (κ1) is 7.52. The van der Waals surface area contributed by atoms with Crippen LogP contribution in [0.4, 0.5) is 0 Å². The second-order valence-electron chi connectivity index (χ2n) is 2.71. The number of rotatable bonds is 1. The maximum atomic E-state index is 9.34. The highest BCUT2D eigenvalue weighted by Crippen LogP contribution is 2.20. The molecule has 0 aromatic carbocycles. The minimum absolute atomic E-state index is 0.0752. The van der Waals surface area contributed by atoms with Crippen LogP contribution in [-0.4, -0.2) is 23.1 Å². The van der Waals surface area contributed by atoms with Crippen molar-refractivity contribution >= 4 is 5.87 Å². The van der Waals surface area contributed by atoms with Gasteiger partial charge in [-0.15, -0.1) is 0 Å². The fourth-order valence-electron chi connectivity index (χ4n) is 1.36. The maximum Gasteiger partial charge on any atom is 0.0852 e. The SMILES string of the molecule is C=C=NC1CCCCC1O. The Bertz CT molecular complexity index is 149. The van der Waals surface area contributed by atoms with E-state index in [9.17, 15) is 5.11 Å². The molecule has 56 valence electrons. The molecule has 1 aliphatic carbocycles. The highest BCUT2D eigenvalue weighted by Gasteiger charge is 2.21. The Labute approximate surface area is 61.3 Å². The molecule has 0 amide bonds. The Hall–Kier alpha value is -0.590. The zero-order valence-electron chi connectivity index (χ0n) is 6.08. The summed E-state index contributed by atoms with van der Waals surface area (Å²) in [7, 11) is 0. The lowest BCUT2D eigenvalue weighted by molar-refractivity contribution is 0.110. The lowest BCUT2D eigenvalue weighted by Crippen LogP contribution is -2.27. The summed E-state index contributed by atoms with van der Waals surface area (Å²) in [4.78, 5) is 3.95. The van der Waals surface area contributed by atoms with Crippen LogP contribution in [0.15, 0.2) is 11.6 Å². The normalized spacial score (nSPS) is 32.9. The van der Waals surface area contributed by atoms with Crippen LogP contribution in [0.5, 0.6) is 0 Å². The summed E-state index contributed by atoms with van der Waals surface area (Å²) >= 11 is 0. The molecule has 0 bridgehead atoms. The molecule has 0 heterocycles. The average Bonchev–Trinajstić information content (AvgIpc) is 1.94. The van der Waals surface area contributed by atoms with Gasteiger partial charge in [-0.25, -0.2) is 4.99 Å². The number of hydrogen-bond donors (Lipinski definition) is 1. The van der Waals surface area contributed by atoms with Gasteiger partial charge in [0, 0.05) is 0 Å². The van der Waals surface area contributed by atoms with Crippen LogP contribution in [-0.2, 0) is 0 Å². The zero-order valence-corrected chi connectivity index (χ0v) is 6.08. The average molecular weight is 139 g/mol. The first-order chi connectivity index (χ1) is 4.84. The maximum absolute atomic E-state index is 9.34. The monoisotopic (exact) mass is 139 g/mol. The van der Waals surface area contributed by atoms with Crippen molar-refractivity contribution < 1.29 is 5.11 Å². The molecule has 0 aromatic rings. The number of aliphatic imine (C=N–C) groups is 1. The molecule has 0 saturated heterocycles. The number of aliphatic hydroxyl groups is 1. The van der Waals surface area contributed by atoms with Gasteiger partial charge in [0.15, 0.2) is 0 Å². The van der Waals surface area contributed by atoms with Crippen LogP contribution in [0.25, 0.3) is 0 Å². The molecule has 1 saturated carbocycles. The molecule has 0 radical (unpaired) electrons. The van der Waals surface area contributed by atoms with Gasteiger partial charge in [0.25, 0.3) is 0 Å². The molecule has 2 atom stereocenters. The minimum atomic E-state index is -0.247. The molecule has 2 unspecified atom stereocenters. The summed E-state index contributed by atoms with van der Waals surface area (Å²) in [6.45, 7) is 3.39. The van der Waals surface area contributed by atoms with Gasteiger partial charge < -0.3 is 5.11 Å². The third-order valence-corrected chi connectivity index (χ3v) is 1.95. The Morgan fingerprint density at radius 1 is 1.40 bits per heavy atom. The first-order valence-electron chi connectivity index (χ1n) is 3.74. The highest BCUT2D eigenvalue weighted by molar-refractivity contribution is 5.46. The van der Waals surface area contributed by atoms with E-state index in [1.807, 2.05) is 0 Å². The number of hydrogen-bond acceptors (Lipinski definition) is 2. The van der Waals surface area contributed by atoms with Crippen LogP contribution in [0.1, 0.15) is 25.7 Å². The van der Waals surface area contributed by atoms with E-state index >= 15 is 0 Å². The molecular formula is C8H13NO. The molecule has 1 aliphatic rings. The molecule has 10 heavy (non-hydrogen) atoms. The first-order valence-corrected chi connectivity index (χ1v) is 3.74. The fourth-order valence-corrected chi connectivity index (χ4v) is 1.36. The Kier molecular flexibility index (Phi) is 2.67. The van der Waals surface area contributed by atoms with Crippen molar-refractivity contribution in [2.75, 3.05) is 0 Å². The van der Waals surface area contributed by atoms with E-state index in [1.165, 1.54) is 6.42 Å². The van der Waals surface area contributed by atoms with Crippen molar-refractivity contribution in [3.05, 3.63) is 6.58 Å². The van der Waals surface area contributed by atoms with E-state index < -0.39 is 0 Å². The predicted octanol–water partition coefficient (Wildman–Crippen LogP) is 1.15. The molecule has 2 heteroatoms. The standard InChI is InChI=1S/C8H13NO/c1-2-9-7-5-3-4-6-8(7)10/h7-8,10H,1,3-6H2. The summed E-state index contributed by atoms with van der Waals surface area (Å²) in [6.07, 6.45) is 3.93. The van der Waals surface area contributed by atoms with Gasteiger partial charge in [0.1, 0.15) is 0 Å². The lowest BCUT2D eigenvalue weighted by atomic mass is 9.93. The van der Waals surface area contributed by atoms with E-state index in [0.29, 0.717) is 0 Å². The van der Waals surface area contributed by atoms with Crippen LogP contribution in [0.2, 0.25) is 0 Å². The molecule has 1 fully saturated rings. The van der Waals surface area contributed by atoms with Crippen LogP contribution < -0.4 is 0 Å². The molecule has 1 N–H and O–H groups in total. The summed E-state index contributed by atoms with van der Waals surface area (Å²) in [6, 6.07) is 0.0752. The quantitative estimate of drug-likeness (QED) is 0.543. The van der Waals surface area contributed by atoms with Crippen molar-refractivity contribution in [3.63, 3.8) is 0 Å². The van der Waals surface area contributed by atoms with Gasteiger partial charge in [-0.1, -0.05) is 12.8 Å². The summed E-state index contributed by atoms with van der Waals surface area (Å²) in [5.74, 6) is 2.48. The van der Waals surface area contributed by atoms with Gasteiger partial charge in [-0.05, 0) is 25.3 Å². The summed E-state index contributed by atoms with van der Waals surface area (Å²) in [5, 5.41) is 9.34. The topological polar surface area (TPSA) is 32.6 Å². The molecule has 1 rings (SSSR count). The number of nitrogens with zero attached hydrogens (tertiary/aromatic N) is 1. The van der Waals surface area contributed by atoms with Crippen LogP contribution in [0.3, 0.4) is 0 Å². The van der Waals surface area contributed by atoms with Crippen molar-refractivity contribution in [3.8, 4) is 0 Å². The largest absolute Gasteiger partial charge is 0.391 e. The smallest absolute Gasteiger partial charge is 0.0852 e. The van der Waals surface area contributed by atoms with Crippen LogP contribution >= 0.6 is 0 Å². The third-order valence-electron chi connectivity index (χ3n) is 1.95. The van der Waals surface area contributed by atoms with E-state index in [4.69, 9.17) is 0 Å². The molecular weight excluding hydrogens is 126 g/mol. The Morgan fingerprint density at radius 3 is 2.70 bits per heavy atom. The van der Waals surface area contributed by atoms with Gasteiger partial charge in [0.05, 0.1) is 12.1 Å². The Morgan fingerprint density at radius 2 is 2.10 bits per heavy atom. The van der Waals surface area contributed by atoms with Crippen molar-refractivity contribution in [2.45, 2.75) is 37.8 Å². The second kappa shape index (κ2) is 3.55. The predicted molar refractivity (Wildman–Crippen MR) is 41.3 cm³/mol. The van der Waals surface area contributed by atoms with Gasteiger partial charge in [-0.3, -0.25) is 0 Å². The van der Waals surface area contributed by atoms with E-state index in [0.717, 1.165) is 19.3 Å². The molecule has 2 nitrogen and oxygen atoms in total. The van der Waals surface area contributed by atoms with Crippen molar-refractivity contribution in [2.24, 2.45) is 4.99 Å². The fraction of sp³-hybridized carbons (Fsp3) is 0.750. The molecule has 0 spiro atoms. The van der Waals surface area contributed by atoms with Crippen LogP contribution in [0, 0.1) is 0 Å². The van der Waals surface area contributed by atoms with Gasteiger partial charge >= 0.3 is 0 Å². The van der Waals surface area contributed by atoms with E-state index in [2.05, 4.69) is 17.4 Å². The minimum Gasteiger partial charge on any atom is -0.391 e. The highest BCUT2D eigenvalue weighted by atomic mass is 16.3. The number of aliphatic hydroxyl groups excluding tert-OH is 1. The lowest BCUT2D eigenvalue weighted by Gasteiger charge is -2.22. The van der Waals surface area contributed by atoms with Gasteiger partial charge in [-0.2, -0.15) is 0 Å². The summed E-state index contributed by atoms with van der Waals surface area (Å²) < 4.78 is 0. The molecule has 0 aliphatic heterocycles. The Balaban J connectivity index is 2.47. The van der Waals surface area contributed by atoms with Crippen molar-refractivity contribution in [1.29, 1.82) is 0 Å². The third kappa shape index (κ3) is 1.69. The zero-order chi connectivity index (χ0) is 7.40. The second-order valence-corrected chi connectivity index (χ2v) is 2.71.